The molecule has 2 heterocycles. The molecule has 0 aliphatic carbocycles. The summed E-state index contributed by atoms with van der Waals surface area (Å²) in [6.07, 6.45) is 0.936. The molecule has 2 aliphatic rings. The maximum atomic E-state index is 12.7. The number of rotatable bonds is 6. The Morgan fingerprint density at radius 3 is 2.42 bits per heavy atom. The third-order valence-corrected chi connectivity index (χ3v) is 5.26. The van der Waals surface area contributed by atoms with E-state index in [2.05, 4.69) is 9.80 Å². The van der Waals surface area contributed by atoms with E-state index in [4.69, 9.17) is 16.3 Å². The van der Waals surface area contributed by atoms with E-state index in [1.54, 1.807) is 7.11 Å². The Balaban J connectivity index is 1.49. The van der Waals surface area contributed by atoms with Crippen molar-refractivity contribution in [1.82, 2.24) is 9.80 Å². The van der Waals surface area contributed by atoms with Gasteiger partial charge in [0.05, 0.1) is 12.5 Å². The molecule has 1 atom stereocenters. The normalized spacial score (nSPS) is 23.2. The standard InChI is InChI=1S/C18H26ClN3O2/c1-24-13-12-20-8-10-21(11-9-20)14-15-6-7-22(18(15)23)17-4-2-16(19)3-5-17/h2-5,15H,6-14H2,1H3/t15-/m1/s1. The Kier molecular flexibility index (Phi) is 6.11. The van der Waals surface area contributed by atoms with Gasteiger partial charge in [-0.25, -0.2) is 0 Å². The minimum Gasteiger partial charge on any atom is -0.383 e. The molecule has 6 heteroatoms. The summed E-state index contributed by atoms with van der Waals surface area (Å²) in [4.78, 5) is 19.5. The van der Waals surface area contributed by atoms with Crippen molar-refractivity contribution < 1.29 is 9.53 Å². The second-order valence-corrected chi connectivity index (χ2v) is 7.02. The molecule has 0 saturated carbocycles. The van der Waals surface area contributed by atoms with Crippen LogP contribution in [0.5, 0.6) is 0 Å². The number of methoxy groups -OCH3 is 1. The van der Waals surface area contributed by atoms with Crippen molar-refractivity contribution in [3.05, 3.63) is 29.3 Å². The topological polar surface area (TPSA) is 36.0 Å². The fourth-order valence-electron chi connectivity index (χ4n) is 3.51. The molecule has 2 fully saturated rings. The van der Waals surface area contributed by atoms with E-state index in [0.29, 0.717) is 5.02 Å². The van der Waals surface area contributed by atoms with E-state index in [-0.39, 0.29) is 11.8 Å². The van der Waals surface area contributed by atoms with Gasteiger partial charge in [0, 0.05) is 63.6 Å². The first-order valence-corrected chi connectivity index (χ1v) is 9.06. The van der Waals surface area contributed by atoms with Gasteiger partial charge >= 0.3 is 0 Å². The zero-order valence-corrected chi connectivity index (χ0v) is 15.0. The summed E-state index contributed by atoms with van der Waals surface area (Å²) in [5.74, 6) is 0.366. The number of carbonyl (C=O) groups is 1. The van der Waals surface area contributed by atoms with Crippen LogP contribution in [0.3, 0.4) is 0 Å². The van der Waals surface area contributed by atoms with Gasteiger partial charge in [-0.1, -0.05) is 11.6 Å². The minimum absolute atomic E-state index is 0.117. The third kappa shape index (κ3) is 4.28. The monoisotopic (exact) mass is 351 g/mol. The second kappa shape index (κ2) is 8.30. The highest BCUT2D eigenvalue weighted by molar-refractivity contribution is 6.30. The molecule has 132 valence electrons. The molecule has 0 bridgehead atoms. The molecule has 2 saturated heterocycles. The molecule has 1 aromatic carbocycles. The van der Waals surface area contributed by atoms with E-state index in [9.17, 15) is 4.79 Å². The molecule has 1 aromatic rings. The Labute approximate surface area is 149 Å². The Bertz CT molecular complexity index is 544. The molecule has 0 unspecified atom stereocenters. The number of ether oxygens (including phenoxy) is 1. The molecule has 2 aliphatic heterocycles. The molecule has 3 rings (SSSR count). The SMILES string of the molecule is COCCN1CCN(C[C@H]2CCN(c3ccc(Cl)cc3)C2=O)CC1. The molecule has 5 nitrogen and oxygen atoms in total. The van der Waals surface area contributed by atoms with Crippen molar-refractivity contribution in [2.24, 2.45) is 5.92 Å². The number of hydrogen-bond donors (Lipinski definition) is 0. The zero-order valence-electron chi connectivity index (χ0n) is 14.3. The van der Waals surface area contributed by atoms with Gasteiger partial charge in [-0.2, -0.15) is 0 Å². The quantitative estimate of drug-likeness (QED) is 0.785. The summed E-state index contributed by atoms with van der Waals surface area (Å²) < 4.78 is 5.14. The van der Waals surface area contributed by atoms with Crippen LogP contribution in [-0.2, 0) is 9.53 Å². The minimum atomic E-state index is 0.117. The Hall–Kier alpha value is -1.14. The fourth-order valence-corrected chi connectivity index (χ4v) is 3.64. The third-order valence-electron chi connectivity index (χ3n) is 5.01. The van der Waals surface area contributed by atoms with E-state index in [1.807, 2.05) is 29.2 Å². The van der Waals surface area contributed by atoms with Crippen LogP contribution >= 0.6 is 11.6 Å². The van der Waals surface area contributed by atoms with Crippen LogP contribution in [0.2, 0.25) is 5.02 Å². The number of halogens is 1. The number of piperazine rings is 1. The van der Waals surface area contributed by atoms with Crippen LogP contribution in [0, 0.1) is 5.92 Å². The highest BCUT2D eigenvalue weighted by Gasteiger charge is 2.34. The van der Waals surface area contributed by atoms with E-state index < -0.39 is 0 Å². The van der Waals surface area contributed by atoms with Gasteiger partial charge in [0.1, 0.15) is 0 Å². The van der Waals surface area contributed by atoms with Gasteiger partial charge in [0.15, 0.2) is 0 Å². The smallest absolute Gasteiger partial charge is 0.231 e. The van der Waals surface area contributed by atoms with Gasteiger partial charge in [-0.3, -0.25) is 9.69 Å². The van der Waals surface area contributed by atoms with Crippen molar-refractivity contribution in [3.63, 3.8) is 0 Å². The van der Waals surface area contributed by atoms with Gasteiger partial charge in [0.2, 0.25) is 5.91 Å². The lowest BCUT2D eigenvalue weighted by Crippen LogP contribution is -2.49. The first kappa shape index (κ1) is 17.7. The number of carbonyl (C=O) groups excluding carboxylic acids is 1. The van der Waals surface area contributed by atoms with Crippen LogP contribution < -0.4 is 4.90 Å². The molecule has 24 heavy (non-hydrogen) atoms. The highest BCUT2D eigenvalue weighted by atomic mass is 35.5. The highest BCUT2D eigenvalue weighted by Crippen LogP contribution is 2.27. The molecule has 0 radical (unpaired) electrons. The molecule has 0 spiro atoms. The summed E-state index contributed by atoms with van der Waals surface area (Å²) >= 11 is 5.93. The largest absolute Gasteiger partial charge is 0.383 e. The first-order chi connectivity index (χ1) is 11.7. The molecule has 1 amide bonds. The summed E-state index contributed by atoms with van der Waals surface area (Å²) in [5, 5.41) is 0.702. The summed E-state index contributed by atoms with van der Waals surface area (Å²) in [7, 11) is 1.74. The van der Waals surface area contributed by atoms with E-state index >= 15 is 0 Å². The molecular formula is C18H26ClN3O2. The molecule has 0 N–H and O–H groups in total. The number of anilines is 1. The van der Waals surface area contributed by atoms with E-state index in [0.717, 1.165) is 64.5 Å². The predicted molar refractivity (Wildman–Crippen MR) is 96.7 cm³/mol. The Morgan fingerprint density at radius 2 is 1.75 bits per heavy atom. The van der Waals surface area contributed by atoms with E-state index in [1.165, 1.54) is 0 Å². The van der Waals surface area contributed by atoms with Gasteiger partial charge in [-0.05, 0) is 30.7 Å². The predicted octanol–water partition coefficient (Wildman–Crippen LogP) is 1.96. The van der Waals surface area contributed by atoms with Gasteiger partial charge in [-0.15, -0.1) is 0 Å². The van der Waals surface area contributed by atoms with Crippen molar-refractivity contribution in [3.8, 4) is 0 Å². The van der Waals surface area contributed by atoms with Gasteiger partial charge < -0.3 is 14.5 Å². The van der Waals surface area contributed by atoms with Crippen LogP contribution in [0.15, 0.2) is 24.3 Å². The average Bonchev–Trinajstić information content (AvgIpc) is 2.96. The van der Waals surface area contributed by atoms with Crippen LogP contribution in [0.1, 0.15) is 6.42 Å². The lowest BCUT2D eigenvalue weighted by Gasteiger charge is -2.35. The van der Waals surface area contributed by atoms with Crippen LogP contribution in [-0.4, -0.2) is 75.2 Å². The fraction of sp³-hybridized carbons (Fsp3) is 0.611. The van der Waals surface area contributed by atoms with Gasteiger partial charge in [0.25, 0.3) is 0 Å². The maximum Gasteiger partial charge on any atom is 0.231 e. The summed E-state index contributed by atoms with van der Waals surface area (Å²) in [6.45, 7) is 7.66. The lowest BCUT2D eigenvalue weighted by atomic mass is 10.1. The van der Waals surface area contributed by atoms with Crippen molar-refractivity contribution in [1.29, 1.82) is 0 Å². The molecule has 0 aromatic heterocycles. The Morgan fingerprint density at radius 1 is 1.08 bits per heavy atom. The van der Waals surface area contributed by atoms with Crippen molar-refractivity contribution in [2.45, 2.75) is 6.42 Å². The number of amides is 1. The zero-order chi connectivity index (χ0) is 16.9. The summed E-state index contributed by atoms with van der Waals surface area (Å²) in [5.41, 5.74) is 0.955. The number of benzene rings is 1. The van der Waals surface area contributed by atoms with Crippen LogP contribution in [0.25, 0.3) is 0 Å². The lowest BCUT2D eigenvalue weighted by molar-refractivity contribution is -0.121. The second-order valence-electron chi connectivity index (χ2n) is 6.59. The average molecular weight is 352 g/mol. The van der Waals surface area contributed by atoms with Crippen molar-refractivity contribution >= 4 is 23.2 Å². The maximum absolute atomic E-state index is 12.7. The molecular weight excluding hydrogens is 326 g/mol. The summed E-state index contributed by atoms with van der Waals surface area (Å²) in [6, 6.07) is 7.54. The first-order valence-electron chi connectivity index (χ1n) is 8.68. The van der Waals surface area contributed by atoms with Crippen molar-refractivity contribution in [2.75, 3.05) is 64.4 Å². The number of nitrogens with zero attached hydrogens (tertiary/aromatic N) is 3. The number of hydrogen-bond acceptors (Lipinski definition) is 4. The van der Waals surface area contributed by atoms with Crippen LogP contribution in [0.4, 0.5) is 5.69 Å².